The Morgan fingerprint density at radius 3 is 2.07 bits per heavy atom. The Kier molecular flexibility index (Phi) is 9.35. The highest BCUT2D eigenvalue weighted by Gasteiger charge is 2.08. The molecule has 0 aliphatic heterocycles. The van der Waals surface area contributed by atoms with Crippen molar-refractivity contribution in [1.82, 2.24) is 0 Å². The molecule has 0 bridgehead atoms. The SMILES string of the molecule is C[C@@H](CN)CC[C@H](CN)CCCCN. The van der Waals surface area contributed by atoms with Crippen molar-refractivity contribution >= 4 is 0 Å². The van der Waals surface area contributed by atoms with Gasteiger partial charge in [0.15, 0.2) is 0 Å². The molecular weight excluding hydrogens is 174 g/mol. The van der Waals surface area contributed by atoms with E-state index in [2.05, 4.69) is 6.92 Å². The maximum Gasteiger partial charge on any atom is -0.00489 e. The second-order valence-corrected chi connectivity index (χ2v) is 4.30. The molecule has 0 fully saturated rings. The van der Waals surface area contributed by atoms with Gasteiger partial charge in [0.05, 0.1) is 0 Å². The molecule has 0 saturated heterocycles. The molecule has 0 radical (unpaired) electrons. The van der Waals surface area contributed by atoms with Crippen LogP contribution in [0.3, 0.4) is 0 Å². The van der Waals surface area contributed by atoms with Crippen LogP contribution in [0.2, 0.25) is 0 Å². The van der Waals surface area contributed by atoms with Gasteiger partial charge in [0.1, 0.15) is 0 Å². The van der Waals surface area contributed by atoms with Crippen LogP contribution in [0.5, 0.6) is 0 Å². The van der Waals surface area contributed by atoms with Crippen molar-refractivity contribution in [2.24, 2.45) is 29.0 Å². The zero-order chi connectivity index (χ0) is 10.8. The van der Waals surface area contributed by atoms with Crippen LogP contribution < -0.4 is 17.2 Å². The normalized spacial score (nSPS) is 15.4. The Bertz CT molecular complexity index is 117. The van der Waals surface area contributed by atoms with Crippen molar-refractivity contribution in [3.8, 4) is 0 Å². The highest BCUT2D eigenvalue weighted by molar-refractivity contribution is 4.63. The molecule has 0 aliphatic carbocycles. The molecule has 3 nitrogen and oxygen atoms in total. The van der Waals surface area contributed by atoms with E-state index in [0.717, 1.165) is 26.1 Å². The second-order valence-electron chi connectivity index (χ2n) is 4.30. The smallest absolute Gasteiger partial charge is 0.00489 e. The molecule has 0 amide bonds. The molecule has 6 N–H and O–H groups in total. The molecule has 0 aromatic rings. The van der Waals surface area contributed by atoms with Crippen LogP contribution >= 0.6 is 0 Å². The first kappa shape index (κ1) is 13.9. The van der Waals surface area contributed by atoms with Gasteiger partial charge in [0, 0.05) is 0 Å². The van der Waals surface area contributed by atoms with E-state index in [9.17, 15) is 0 Å². The maximum absolute atomic E-state index is 5.72. The number of rotatable bonds is 9. The average Bonchev–Trinajstić information content (AvgIpc) is 2.22. The van der Waals surface area contributed by atoms with Crippen molar-refractivity contribution in [1.29, 1.82) is 0 Å². The highest BCUT2D eigenvalue weighted by atomic mass is 14.6. The van der Waals surface area contributed by atoms with Crippen LogP contribution in [-0.2, 0) is 0 Å². The third kappa shape index (κ3) is 7.30. The van der Waals surface area contributed by atoms with Gasteiger partial charge in [0.2, 0.25) is 0 Å². The van der Waals surface area contributed by atoms with E-state index < -0.39 is 0 Å². The summed E-state index contributed by atoms with van der Waals surface area (Å²) in [6, 6.07) is 0. The maximum atomic E-state index is 5.72. The predicted molar refractivity (Wildman–Crippen MR) is 62.9 cm³/mol. The van der Waals surface area contributed by atoms with Gasteiger partial charge in [-0.15, -0.1) is 0 Å². The van der Waals surface area contributed by atoms with E-state index in [-0.39, 0.29) is 0 Å². The lowest BCUT2D eigenvalue weighted by Crippen LogP contribution is -2.18. The quantitative estimate of drug-likeness (QED) is 0.488. The second kappa shape index (κ2) is 9.44. The van der Waals surface area contributed by atoms with E-state index in [1.165, 1.54) is 25.7 Å². The fraction of sp³-hybridized carbons (Fsp3) is 1.00. The molecular formula is C11H27N3. The van der Waals surface area contributed by atoms with Crippen molar-refractivity contribution in [2.45, 2.75) is 39.0 Å². The summed E-state index contributed by atoms with van der Waals surface area (Å²) in [6.45, 7) is 4.60. The molecule has 0 aliphatic rings. The van der Waals surface area contributed by atoms with Gasteiger partial charge in [-0.25, -0.2) is 0 Å². The lowest BCUT2D eigenvalue weighted by atomic mass is 9.93. The zero-order valence-electron chi connectivity index (χ0n) is 9.54. The van der Waals surface area contributed by atoms with Gasteiger partial charge in [-0.1, -0.05) is 13.3 Å². The first-order valence-corrected chi connectivity index (χ1v) is 5.84. The minimum Gasteiger partial charge on any atom is -0.330 e. The van der Waals surface area contributed by atoms with E-state index in [4.69, 9.17) is 17.2 Å². The number of hydrogen-bond donors (Lipinski definition) is 3. The fourth-order valence-electron chi connectivity index (χ4n) is 1.60. The highest BCUT2D eigenvalue weighted by Crippen LogP contribution is 2.16. The Labute approximate surface area is 88.4 Å². The first-order chi connectivity index (χ1) is 6.74. The molecule has 0 aromatic carbocycles. The summed E-state index contributed by atoms with van der Waals surface area (Å²) in [5.41, 5.74) is 16.7. The van der Waals surface area contributed by atoms with Gasteiger partial charge < -0.3 is 17.2 Å². The lowest BCUT2D eigenvalue weighted by molar-refractivity contribution is 0.388. The molecule has 3 heteroatoms. The summed E-state index contributed by atoms with van der Waals surface area (Å²) in [5, 5.41) is 0. The van der Waals surface area contributed by atoms with Crippen molar-refractivity contribution in [3.05, 3.63) is 0 Å². The van der Waals surface area contributed by atoms with Gasteiger partial charge in [-0.2, -0.15) is 0 Å². The van der Waals surface area contributed by atoms with Crippen LogP contribution in [0.4, 0.5) is 0 Å². The Hall–Kier alpha value is -0.120. The Morgan fingerprint density at radius 1 is 0.857 bits per heavy atom. The topological polar surface area (TPSA) is 78.1 Å². The minimum atomic E-state index is 0.638. The molecule has 14 heavy (non-hydrogen) atoms. The monoisotopic (exact) mass is 201 g/mol. The number of hydrogen-bond acceptors (Lipinski definition) is 3. The van der Waals surface area contributed by atoms with Crippen LogP contribution in [0.25, 0.3) is 0 Å². The van der Waals surface area contributed by atoms with E-state index in [0.29, 0.717) is 11.8 Å². The average molecular weight is 201 g/mol. The summed E-state index contributed by atoms with van der Waals surface area (Å²) < 4.78 is 0. The summed E-state index contributed by atoms with van der Waals surface area (Å²) in [4.78, 5) is 0. The molecule has 86 valence electrons. The third-order valence-electron chi connectivity index (χ3n) is 2.87. The van der Waals surface area contributed by atoms with Crippen LogP contribution in [-0.4, -0.2) is 19.6 Å². The zero-order valence-corrected chi connectivity index (χ0v) is 9.54. The summed E-state index contributed by atoms with van der Waals surface area (Å²) in [7, 11) is 0. The fourth-order valence-corrected chi connectivity index (χ4v) is 1.60. The molecule has 2 atom stereocenters. The van der Waals surface area contributed by atoms with Gasteiger partial charge in [0.25, 0.3) is 0 Å². The largest absolute Gasteiger partial charge is 0.330 e. The van der Waals surface area contributed by atoms with Gasteiger partial charge >= 0.3 is 0 Å². The number of nitrogens with two attached hydrogens (primary N) is 3. The summed E-state index contributed by atoms with van der Waals surface area (Å²) >= 11 is 0. The molecule has 0 heterocycles. The molecule has 0 saturated carbocycles. The third-order valence-corrected chi connectivity index (χ3v) is 2.87. The lowest BCUT2D eigenvalue weighted by Gasteiger charge is -2.16. The van der Waals surface area contributed by atoms with Crippen molar-refractivity contribution < 1.29 is 0 Å². The van der Waals surface area contributed by atoms with E-state index >= 15 is 0 Å². The minimum absolute atomic E-state index is 0.638. The van der Waals surface area contributed by atoms with Crippen molar-refractivity contribution in [3.63, 3.8) is 0 Å². The van der Waals surface area contributed by atoms with Gasteiger partial charge in [-0.05, 0) is 57.2 Å². The Morgan fingerprint density at radius 2 is 1.57 bits per heavy atom. The van der Waals surface area contributed by atoms with Gasteiger partial charge in [-0.3, -0.25) is 0 Å². The molecule has 0 rings (SSSR count). The van der Waals surface area contributed by atoms with Crippen LogP contribution in [0.1, 0.15) is 39.0 Å². The van der Waals surface area contributed by atoms with Crippen LogP contribution in [0.15, 0.2) is 0 Å². The standard InChI is InChI=1S/C11H27N3/c1-10(8-13)5-6-11(9-14)4-2-3-7-12/h10-11H,2-9,12-14H2,1H3/t10-,11-/m1/s1. The summed E-state index contributed by atoms with van der Waals surface area (Å²) in [5.74, 6) is 1.31. The van der Waals surface area contributed by atoms with E-state index in [1.54, 1.807) is 0 Å². The first-order valence-electron chi connectivity index (χ1n) is 5.84. The Balaban J connectivity index is 3.47. The van der Waals surface area contributed by atoms with E-state index in [1.807, 2.05) is 0 Å². The van der Waals surface area contributed by atoms with Crippen LogP contribution in [0, 0.1) is 11.8 Å². The predicted octanol–water partition coefficient (Wildman–Crippen LogP) is 1.07. The molecule has 0 aromatic heterocycles. The van der Waals surface area contributed by atoms with Crippen molar-refractivity contribution in [2.75, 3.05) is 19.6 Å². The molecule has 0 spiro atoms. The number of unbranched alkanes of at least 4 members (excludes halogenated alkanes) is 1. The molecule has 0 unspecified atom stereocenters. The summed E-state index contributed by atoms with van der Waals surface area (Å²) in [6.07, 6.45) is 6.00.